The van der Waals surface area contributed by atoms with Gasteiger partial charge in [0.2, 0.25) is 0 Å². The molecular weight excluding hydrogens is 420 g/mol. The molecule has 5 nitrogen and oxygen atoms in total. The van der Waals surface area contributed by atoms with Gasteiger partial charge in [0.1, 0.15) is 5.82 Å². The fourth-order valence-corrected chi connectivity index (χ4v) is 4.25. The molecule has 0 atom stereocenters. The number of para-hydroxylation sites is 1. The van der Waals surface area contributed by atoms with Crippen LogP contribution in [0.2, 0.25) is 5.02 Å². The van der Waals surface area contributed by atoms with Gasteiger partial charge in [-0.3, -0.25) is 4.79 Å². The summed E-state index contributed by atoms with van der Waals surface area (Å²) < 4.78 is 0. The molecule has 1 aliphatic rings. The van der Waals surface area contributed by atoms with Gasteiger partial charge in [-0.2, -0.15) is 0 Å². The number of fused-ring (bicyclic) bond motifs is 1. The maximum atomic E-state index is 13.0. The minimum Gasteiger partial charge on any atom is -0.372 e. The van der Waals surface area contributed by atoms with E-state index in [9.17, 15) is 4.79 Å². The summed E-state index contributed by atoms with van der Waals surface area (Å²) in [5.41, 5.74) is 4.29. The first-order chi connectivity index (χ1) is 15.7. The van der Waals surface area contributed by atoms with Crippen molar-refractivity contribution in [3.63, 3.8) is 0 Å². The molecule has 32 heavy (non-hydrogen) atoms. The Bertz CT molecular complexity index is 1270. The summed E-state index contributed by atoms with van der Waals surface area (Å²) in [6.07, 6.45) is 5.28. The van der Waals surface area contributed by atoms with E-state index >= 15 is 0 Å². The Morgan fingerprint density at radius 3 is 2.59 bits per heavy atom. The second-order valence-electron chi connectivity index (χ2n) is 7.99. The van der Waals surface area contributed by atoms with Crippen LogP contribution in [0, 0.1) is 0 Å². The van der Waals surface area contributed by atoms with Crippen LogP contribution in [-0.4, -0.2) is 29.0 Å². The lowest BCUT2D eigenvalue weighted by Gasteiger charge is -2.29. The third-order valence-corrected chi connectivity index (χ3v) is 6.02. The highest BCUT2D eigenvalue weighted by Gasteiger charge is 2.15. The number of nitrogens with zero attached hydrogens (tertiary/aromatic N) is 3. The molecule has 0 unspecified atom stereocenters. The highest BCUT2D eigenvalue weighted by molar-refractivity contribution is 6.30. The predicted molar refractivity (Wildman–Crippen MR) is 130 cm³/mol. The van der Waals surface area contributed by atoms with E-state index < -0.39 is 0 Å². The molecule has 2 aromatic heterocycles. The van der Waals surface area contributed by atoms with Crippen LogP contribution in [0.5, 0.6) is 0 Å². The Kier molecular flexibility index (Phi) is 5.73. The van der Waals surface area contributed by atoms with Crippen LogP contribution >= 0.6 is 11.6 Å². The molecule has 160 valence electrons. The van der Waals surface area contributed by atoms with E-state index in [-0.39, 0.29) is 5.91 Å². The van der Waals surface area contributed by atoms with Crippen LogP contribution in [-0.2, 0) is 0 Å². The van der Waals surface area contributed by atoms with Crippen molar-refractivity contribution >= 4 is 39.9 Å². The number of rotatable bonds is 4. The number of piperidine rings is 1. The van der Waals surface area contributed by atoms with Gasteiger partial charge in [-0.25, -0.2) is 9.97 Å². The first-order valence-electron chi connectivity index (χ1n) is 10.9. The van der Waals surface area contributed by atoms with E-state index in [1.807, 2.05) is 24.3 Å². The lowest BCUT2D eigenvalue weighted by molar-refractivity contribution is 0.102. The zero-order valence-corrected chi connectivity index (χ0v) is 18.3. The Hall–Kier alpha value is -3.44. The Labute approximate surface area is 192 Å². The number of benzene rings is 2. The van der Waals surface area contributed by atoms with Crippen LogP contribution in [0.1, 0.15) is 29.6 Å². The fraction of sp³-hybridized carbons (Fsp3) is 0.192. The van der Waals surface area contributed by atoms with E-state index in [4.69, 9.17) is 16.6 Å². The van der Waals surface area contributed by atoms with Crippen molar-refractivity contribution in [1.29, 1.82) is 0 Å². The molecule has 2 aromatic carbocycles. The monoisotopic (exact) mass is 442 g/mol. The molecule has 1 aliphatic heterocycles. The topological polar surface area (TPSA) is 58.1 Å². The summed E-state index contributed by atoms with van der Waals surface area (Å²) >= 11 is 5.89. The number of amides is 1. The van der Waals surface area contributed by atoms with Gasteiger partial charge < -0.3 is 10.2 Å². The van der Waals surface area contributed by atoms with Crippen molar-refractivity contribution in [2.45, 2.75) is 19.3 Å². The number of hydrogen-bond donors (Lipinski definition) is 1. The number of pyridine rings is 2. The van der Waals surface area contributed by atoms with Crippen molar-refractivity contribution in [1.82, 2.24) is 9.97 Å². The van der Waals surface area contributed by atoms with Gasteiger partial charge in [0.15, 0.2) is 0 Å². The maximum Gasteiger partial charge on any atom is 0.259 e. The van der Waals surface area contributed by atoms with Crippen molar-refractivity contribution in [2.75, 3.05) is 23.3 Å². The molecule has 1 amide bonds. The van der Waals surface area contributed by atoms with Crippen LogP contribution in [0.3, 0.4) is 0 Å². The first kappa shape index (κ1) is 20.5. The van der Waals surface area contributed by atoms with Crippen molar-refractivity contribution in [2.24, 2.45) is 0 Å². The van der Waals surface area contributed by atoms with Gasteiger partial charge in [-0.1, -0.05) is 41.9 Å². The zero-order valence-electron chi connectivity index (χ0n) is 17.6. The number of nitrogens with one attached hydrogen (secondary N) is 1. The molecule has 0 bridgehead atoms. The largest absolute Gasteiger partial charge is 0.372 e. The quantitative estimate of drug-likeness (QED) is 0.409. The highest BCUT2D eigenvalue weighted by Crippen LogP contribution is 2.28. The van der Waals surface area contributed by atoms with Gasteiger partial charge in [0.25, 0.3) is 5.91 Å². The standard InChI is InChI=1S/C26H23ClN4O/c27-20-11-13-24(28-17-20)30-26(32)22-9-5-6-18-10-12-23(29-25(18)22)19-7-4-8-21(16-19)31-14-2-1-3-15-31/h4-13,16-17H,1-3,14-15H2,(H,28,30,32). The number of anilines is 2. The van der Waals surface area contributed by atoms with E-state index in [1.165, 1.54) is 31.1 Å². The Morgan fingerprint density at radius 1 is 0.938 bits per heavy atom. The van der Waals surface area contributed by atoms with Gasteiger partial charge in [-0.05, 0) is 55.7 Å². The van der Waals surface area contributed by atoms with E-state index in [0.29, 0.717) is 21.9 Å². The van der Waals surface area contributed by atoms with Crippen LogP contribution in [0.4, 0.5) is 11.5 Å². The van der Waals surface area contributed by atoms with Crippen LogP contribution in [0.15, 0.2) is 72.9 Å². The molecule has 0 saturated carbocycles. The number of carbonyl (C=O) groups excluding carboxylic acids is 1. The molecule has 6 heteroatoms. The molecule has 4 aromatic rings. The number of aromatic nitrogens is 2. The third kappa shape index (κ3) is 4.30. The molecule has 0 radical (unpaired) electrons. The summed E-state index contributed by atoms with van der Waals surface area (Å²) in [4.78, 5) is 24.5. The second-order valence-corrected chi connectivity index (χ2v) is 8.42. The summed E-state index contributed by atoms with van der Waals surface area (Å²) in [5, 5.41) is 4.27. The van der Waals surface area contributed by atoms with Crippen molar-refractivity contribution in [3.05, 3.63) is 83.5 Å². The molecule has 1 N–H and O–H groups in total. The first-order valence-corrected chi connectivity index (χ1v) is 11.2. The van der Waals surface area contributed by atoms with E-state index in [2.05, 4.69) is 39.5 Å². The third-order valence-electron chi connectivity index (χ3n) is 5.80. The number of halogens is 1. The lowest BCUT2D eigenvalue weighted by atomic mass is 10.0. The predicted octanol–water partition coefficient (Wildman–Crippen LogP) is 6.19. The van der Waals surface area contributed by atoms with E-state index in [0.717, 1.165) is 29.7 Å². The average molecular weight is 443 g/mol. The molecule has 3 heterocycles. The zero-order chi connectivity index (χ0) is 21.9. The van der Waals surface area contributed by atoms with Gasteiger partial charge >= 0.3 is 0 Å². The normalized spacial score (nSPS) is 13.8. The molecule has 1 saturated heterocycles. The molecule has 0 aliphatic carbocycles. The fourth-order valence-electron chi connectivity index (χ4n) is 4.14. The molecule has 0 spiro atoms. The molecule has 5 rings (SSSR count). The summed E-state index contributed by atoms with van der Waals surface area (Å²) in [7, 11) is 0. The maximum absolute atomic E-state index is 13.0. The summed E-state index contributed by atoms with van der Waals surface area (Å²) in [6.45, 7) is 2.19. The summed E-state index contributed by atoms with van der Waals surface area (Å²) in [6, 6.07) is 21.5. The molecular formula is C26H23ClN4O. The number of carbonyl (C=O) groups is 1. The Morgan fingerprint density at radius 2 is 1.78 bits per heavy atom. The highest BCUT2D eigenvalue weighted by atomic mass is 35.5. The summed E-state index contributed by atoms with van der Waals surface area (Å²) in [5.74, 6) is 0.193. The van der Waals surface area contributed by atoms with Crippen molar-refractivity contribution in [3.8, 4) is 11.3 Å². The lowest BCUT2D eigenvalue weighted by Crippen LogP contribution is -2.29. The Balaban J connectivity index is 1.48. The number of hydrogen-bond acceptors (Lipinski definition) is 4. The second kappa shape index (κ2) is 8.97. The van der Waals surface area contributed by atoms with Crippen molar-refractivity contribution < 1.29 is 4.79 Å². The van der Waals surface area contributed by atoms with Crippen LogP contribution < -0.4 is 10.2 Å². The SMILES string of the molecule is O=C(Nc1ccc(Cl)cn1)c1cccc2ccc(-c3cccc(N4CCCCC4)c3)nc12. The molecule has 1 fully saturated rings. The van der Waals surface area contributed by atoms with E-state index in [1.54, 1.807) is 18.2 Å². The minimum atomic E-state index is -0.253. The van der Waals surface area contributed by atoms with Gasteiger partial charge in [0, 0.05) is 35.9 Å². The van der Waals surface area contributed by atoms with Crippen LogP contribution in [0.25, 0.3) is 22.2 Å². The van der Waals surface area contributed by atoms with Gasteiger partial charge in [-0.15, -0.1) is 0 Å². The van der Waals surface area contributed by atoms with Gasteiger partial charge in [0.05, 0.1) is 21.8 Å². The average Bonchev–Trinajstić information content (AvgIpc) is 2.85. The smallest absolute Gasteiger partial charge is 0.259 e. The minimum absolute atomic E-state index is 0.253.